The Hall–Kier alpha value is -1.92. The van der Waals surface area contributed by atoms with E-state index >= 15 is 0 Å². The van der Waals surface area contributed by atoms with Gasteiger partial charge >= 0.3 is 6.18 Å². The van der Waals surface area contributed by atoms with E-state index in [1.54, 1.807) is 0 Å². The number of hydrogen-bond acceptors (Lipinski definition) is 3. The van der Waals surface area contributed by atoms with Gasteiger partial charge in [-0.15, -0.1) is 0 Å². The third-order valence-corrected chi connectivity index (χ3v) is 1.80. The fourth-order valence-corrected chi connectivity index (χ4v) is 1.23. The van der Waals surface area contributed by atoms with Gasteiger partial charge in [-0.05, 0) is 6.07 Å². The number of fused-ring (bicyclic) bond motifs is 1. The second-order valence-corrected chi connectivity index (χ2v) is 2.75. The standard InChI is InChI=1S/C8H4F3N3O/c9-8(10,11)7-13-5(4-15)6-12-2-1-3-14(6)7/h1-4H. The van der Waals surface area contributed by atoms with Gasteiger partial charge in [-0.25, -0.2) is 9.97 Å². The Bertz CT molecular complexity index is 517. The largest absolute Gasteiger partial charge is 0.450 e. The van der Waals surface area contributed by atoms with E-state index < -0.39 is 12.0 Å². The lowest BCUT2D eigenvalue weighted by Gasteiger charge is -2.03. The molecule has 0 bridgehead atoms. The SMILES string of the molecule is O=Cc1nc(C(F)(F)F)n2cccnc12. The number of alkyl halides is 3. The highest BCUT2D eigenvalue weighted by Crippen LogP contribution is 2.29. The first kappa shape index (κ1) is 9.63. The van der Waals surface area contributed by atoms with Crippen LogP contribution in [0.25, 0.3) is 5.65 Å². The molecule has 0 aliphatic rings. The van der Waals surface area contributed by atoms with E-state index in [4.69, 9.17) is 0 Å². The molecule has 0 saturated heterocycles. The highest BCUT2D eigenvalue weighted by atomic mass is 19.4. The van der Waals surface area contributed by atoms with Crippen LogP contribution in [0.1, 0.15) is 16.3 Å². The van der Waals surface area contributed by atoms with Gasteiger partial charge in [-0.3, -0.25) is 9.20 Å². The number of imidazole rings is 1. The summed E-state index contributed by atoms with van der Waals surface area (Å²) in [4.78, 5) is 17.3. The molecular weight excluding hydrogens is 211 g/mol. The summed E-state index contributed by atoms with van der Waals surface area (Å²) in [6, 6.07) is 1.33. The molecule has 0 aromatic carbocycles. The van der Waals surface area contributed by atoms with Crippen LogP contribution >= 0.6 is 0 Å². The summed E-state index contributed by atoms with van der Waals surface area (Å²) in [6.45, 7) is 0. The fourth-order valence-electron chi connectivity index (χ4n) is 1.23. The molecule has 0 radical (unpaired) electrons. The molecular formula is C8H4F3N3O. The van der Waals surface area contributed by atoms with E-state index in [9.17, 15) is 18.0 Å². The van der Waals surface area contributed by atoms with Gasteiger partial charge in [-0.1, -0.05) is 0 Å². The van der Waals surface area contributed by atoms with Crippen LogP contribution in [0, 0.1) is 0 Å². The van der Waals surface area contributed by atoms with Crippen molar-refractivity contribution >= 4 is 11.9 Å². The number of carbonyl (C=O) groups excluding carboxylic acids is 1. The van der Waals surface area contributed by atoms with Crippen LogP contribution < -0.4 is 0 Å². The van der Waals surface area contributed by atoms with Crippen molar-refractivity contribution in [2.24, 2.45) is 0 Å². The number of aldehydes is 1. The van der Waals surface area contributed by atoms with Crippen molar-refractivity contribution in [1.82, 2.24) is 14.4 Å². The fraction of sp³-hybridized carbons (Fsp3) is 0.125. The summed E-state index contributed by atoms with van der Waals surface area (Å²) in [5.74, 6) is -1.15. The summed E-state index contributed by atoms with van der Waals surface area (Å²) >= 11 is 0. The number of hydrogen-bond donors (Lipinski definition) is 0. The minimum atomic E-state index is -4.60. The van der Waals surface area contributed by atoms with Gasteiger partial charge in [0.2, 0.25) is 5.82 Å². The lowest BCUT2D eigenvalue weighted by Crippen LogP contribution is -2.10. The zero-order chi connectivity index (χ0) is 11.1. The average molecular weight is 215 g/mol. The first-order chi connectivity index (χ1) is 7.04. The molecule has 0 aliphatic carbocycles. The quantitative estimate of drug-likeness (QED) is 0.678. The van der Waals surface area contributed by atoms with Crippen LogP contribution in [0.2, 0.25) is 0 Å². The molecule has 0 N–H and O–H groups in total. The maximum absolute atomic E-state index is 12.4. The Morgan fingerprint density at radius 3 is 2.73 bits per heavy atom. The van der Waals surface area contributed by atoms with Gasteiger partial charge in [0, 0.05) is 12.4 Å². The van der Waals surface area contributed by atoms with E-state index in [0.29, 0.717) is 0 Å². The smallest absolute Gasteiger partial charge is 0.296 e. The van der Waals surface area contributed by atoms with Gasteiger partial charge < -0.3 is 0 Å². The molecule has 0 aliphatic heterocycles. The molecule has 7 heteroatoms. The van der Waals surface area contributed by atoms with Gasteiger partial charge in [-0.2, -0.15) is 13.2 Å². The third-order valence-electron chi connectivity index (χ3n) is 1.80. The maximum Gasteiger partial charge on any atom is 0.450 e. The number of carbonyl (C=O) groups is 1. The van der Waals surface area contributed by atoms with Crippen molar-refractivity contribution in [1.29, 1.82) is 0 Å². The van der Waals surface area contributed by atoms with Crippen LogP contribution in [-0.2, 0) is 6.18 Å². The number of halogens is 3. The summed E-state index contributed by atoms with van der Waals surface area (Å²) < 4.78 is 38.1. The molecule has 0 saturated carbocycles. The van der Waals surface area contributed by atoms with E-state index in [1.807, 2.05) is 0 Å². The Labute approximate surface area is 81.4 Å². The van der Waals surface area contributed by atoms with Gasteiger partial charge in [0.25, 0.3) is 0 Å². The molecule has 78 valence electrons. The van der Waals surface area contributed by atoms with Crippen molar-refractivity contribution in [2.45, 2.75) is 6.18 Å². The predicted molar refractivity (Wildman–Crippen MR) is 43.4 cm³/mol. The second-order valence-electron chi connectivity index (χ2n) is 2.75. The van der Waals surface area contributed by atoms with E-state index in [0.717, 1.165) is 10.6 Å². The van der Waals surface area contributed by atoms with Crippen molar-refractivity contribution < 1.29 is 18.0 Å². The Balaban J connectivity index is 2.82. The molecule has 2 rings (SSSR count). The Morgan fingerprint density at radius 1 is 1.40 bits per heavy atom. The van der Waals surface area contributed by atoms with Crippen molar-refractivity contribution in [3.8, 4) is 0 Å². The van der Waals surface area contributed by atoms with Gasteiger partial charge in [0.15, 0.2) is 11.9 Å². The van der Waals surface area contributed by atoms with Crippen LogP contribution in [0.5, 0.6) is 0 Å². The van der Waals surface area contributed by atoms with Crippen molar-refractivity contribution in [3.63, 3.8) is 0 Å². The Morgan fingerprint density at radius 2 is 2.13 bits per heavy atom. The predicted octanol–water partition coefficient (Wildman–Crippen LogP) is 1.56. The second kappa shape index (κ2) is 3.04. The minimum Gasteiger partial charge on any atom is -0.296 e. The monoisotopic (exact) mass is 215 g/mol. The Kier molecular flexibility index (Phi) is 1.95. The first-order valence-corrected chi connectivity index (χ1v) is 3.89. The molecule has 0 unspecified atom stereocenters. The molecule has 2 aromatic rings. The minimum absolute atomic E-state index is 0.0974. The summed E-state index contributed by atoms with van der Waals surface area (Å²) in [7, 11) is 0. The van der Waals surface area contributed by atoms with E-state index in [1.165, 1.54) is 12.3 Å². The van der Waals surface area contributed by atoms with Crippen molar-refractivity contribution in [2.75, 3.05) is 0 Å². The van der Waals surface area contributed by atoms with Crippen LogP contribution in [-0.4, -0.2) is 20.7 Å². The molecule has 0 amide bonds. The van der Waals surface area contributed by atoms with Crippen molar-refractivity contribution in [3.05, 3.63) is 30.0 Å². The summed E-state index contributed by atoms with van der Waals surface area (Å²) in [5.41, 5.74) is -0.414. The maximum atomic E-state index is 12.4. The van der Waals surface area contributed by atoms with Crippen LogP contribution in [0.15, 0.2) is 18.5 Å². The molecule has 0 spiro atoms. The molecule has 15 heavy (non-hydrogen) atoms. The summed E-state index contributed by atoms with van der Waals surface area (Å²) in [5, 5.41) is 0. The van der Waals surface area contributed by atoms with Crippen LogP contribution in [0.4, 0.5) is 13.2 Å². The topological polar surface area (TPSA) is 47.3 Å². The number of aromatic nitrogens is 3. The van der Waals surface area contributed by atoms with E-state index in [-0.39, 0.29) is 17.6 Å². The summed E-state index contributed by atoms with van der Waals surface area (Å²) in [6.07, 6.45) is -1.90. The zero-order valence-corrected chi connectivity index (χ0v) is 7.19. The van der Waals surface area contributed by atoms with Gasteiger partial charge in [0.05, 0.1) is 0 Å². The highest BCUT2D eigenvalue weighted by molar-refractivity contribution is 5.81. The molecule has 4 nitrogen and oxygen atoms in total. The lowest BCUT2D eigenvalue weighted by molar-refractivity contribution is -0.145. The normalized spacial score (nSPS) is 11.9. The molecule has 2 heterocycles. The number of rotatable bonds is 1. The average Bonchev–Trinajstić information content (AvgIpc) is 2.55. The highest BCUT2D eigenvalue weighted by Gasteiger charge is 2.37. The zero-order valence-electron chi connectivity index (χ0n) is 7.19. The molecule has 0 fully saturated rings. The van der Waals surface area contributed by atoms with Crippen LogP contribution in [0.3, 0.4) is 0 Å². The van der Waals surface area contributed by atoms with Gasteiger partial charge in [0.1, 0.15) is 5.69 Å². The molecule has 2 aromatic heterocycles. The first-order valence-electron chi connectivity index (χ1n) is 3.89. The lowest BCUT2D eigenvalue weighted by atomic mass is 10.5. The molecule has 0 atom stereocenters. The number of nitrogens with zero attached hydrogens (tertiary/aromatic N) is 3. The third kappa shape index (κ3) is 1.45. The van der Waals surface area contributed by atoms with E-state index in [2.05, 4.69) is 9.97 Å².